The average Bonchev–Trinajstić information content (AvgIpc) is 3.37. The molecule has 1 saturated heterocycles. The standard InChI is InChI=1S/C23H24N2O4S/c1-28-17-7-8-19(20(12-17)29-2)25-13-16(11-22(25)26)23(27)24-10-9-15-14-30-21-6-4-3-5-18(15)21/h3-8,12,14,16H,9-11,13H2,1-2H3,(H,24,27). The van der Waals surface area contributed by atoms with Gasteiger partial charge in [0.1, 0.15) is 11.5 Å². The minimum absolute atomic E-state index is 0.0811. The first kappa shape index (κ1) is 20.2. The highest BCUT2D eigenvalue weighted by molar-refractivity contribution is 7.17. The zero-order valence-electron chi connectivity index (χ0n) is 17.0. The van der Waals surface area contributed by atoms with E-state index in [0.717, 1.165) is 6.42 Å². The molecule has 1 unspecified atom stereocenters. The summed E-state index contributed by atoms with van der Waals surface area (Å²) in [5.41, 5.74) is 1.89. The highest BCUT2D eigenvalue weighted by Crippen LogP contribution is 2.35. The van der Waals surface area contributed by atoms with Gasteiger partial charge in [0.05, 0.1) is 25.8 Å². The Labute approximate surface area is 179 Å². The van der Waals surface area contributed by atoms with Crippen molar-refractivity contribution in [2.75, 3.05) is 32.2 Å². The lowest BCUT2D eigenvalue weighted by molar-refractivity contribution is -0.126. The molecule has 30 heavy (non-hydrogen) atoms. The Hall–Kier alpha value is -3.06. The van der Waals surface area contributed by atoms with Crippen LogP contribution in [0.1, 0.15) is 12.0 Å². The zero-order valence-corrected chi connectivity index (χ0v) is 17.8. The maximum absolute atomic E-state index is 12.7. The van der Waals surface area contributed by atoms with Crippen molar-refractivity contribution in [1.29, 1.82) is 0 Å². The summed E-state index contributed by atoms with van der Waals surface area (Å²) in [6.45, 7) is 0.894. The molecule has 6 nitrogen and oxygen atoms in total. The van der Waals surface area contributed by atoms with Gasteiger partial charge in [0.25, 0.3) is 0 Å². The summed E-state index contributed by atoms with van der Waals surface area (Å²) in [6, 6.07) is 13.6. The van der Waals surface area contributed by atoms with Crippen LogP contribution in [0.4, 0.5) is 5.69 Å². The topological polar surface area (TPSA) is 67.9 Å². The van der Waals surface area contributed by atoms with Crippen molar-refractivity contribution < 1.29 is 19.1 Å². The fraction of sp³-hybridized carbons (Fsp3) is 0.304. The lowest BCUT2D eigenvalue weighted by Gasteiger charge is -2.20. The fourth-order valence-electron chi connectivity index (χ4n) is 3.82. The van der Waals surface area contributed by atoms with E-state index in [9.17, 15) is 9.59 Å². The largest absolute Gasteiger partial charge is 0.497 e. The molecule has 2 aromatic carbocycles. The number of nitrogens with one attached hydrogen (secondary N) is 1. The maximum atomic E-state index is 12.7. The van der Waals surface area contributed by atoms with Gasteiger partial charge in [-0.05, 0) is 40.9 Å². The molecule has 1 atom stereocenters. The van der Waals surface area contributed by atoms with Crippen LogP contribution in [0.15, 0.2) is 47.8 Å². The zero-order chi connectivity index (χ0) is 21.1. The number of ether oxygens (including phenoxy) is 2. The Morgan fingerprint density at radius 1 is 1.20 bits per heavy atom. The summed E-state index contributed by atoms with van der Waals surface area (Å²) in [6.07, 6.45) is 0.967. The minimum Gasteiger partial charge on any atom is -0.497 e. The van der Waals surface area contributed by atoms with E-state index < -0.39 is 0 Å². The summed E-state index contributed by atoms with van der Waals surface area (Å²) in [5, 5.41) is 6.39. The normalized spacial score (nSPS) is 16.1. The van der Waals surface area contributed by atoms with Crippen LogP contribution in [-0.2, 0) is 16.0 Å². The van der Waals surface area contributed by atoms with Crippen LogP contribution >= 0.6 is 11.3 Å². The molecule has 0 spiro atoms. The molecule has 2 amide bonds. The van der Waals surface area contributed by atoms with Crippen molar-refractivity contribution >= 4 is 38.9 Å². The predicted molar refractivity (Wildman–Crippen MR) is 119 cm³/mol. The van der Waals surface area contributed by atoms with Crippen LogP contribution in [0, 0.1) is 5.92 Å². The number of hydrogen-bond donors (Lipinski definition) is 1. The molecule has 2 heterocycles. The van der Waals surface area contributed by atoms with Gasteiger partial charge in [-0.3, -0.25) is 9.59 Å². The second kappa shape index (κ2) is 8.75. The van der Waals surface area contributed by atoms with Crippen molar-refractivity contribution in [3.8, 4) is 11.5 Å². The van der Waals surface area contributed by atoms with E-state index in [1.165, 1.54) is 15.6 Å². The number of rotatable bonds is 7. The second-order valence-electron chi connectivity index (χ2n) is 7.24. The molecule has 0 bridgehead atoms. The number of amides is 2. The third-order valence-electron chi connectivity index (χ3n) is 5.43. The number of methoxy groups -OCH3 is 2. The van der Waals surface area contributed by atoms with Gasteiger partial charge >= 0.3 is 0 Å². The van der Waals surface area contributed by atoms with Gasteiger partial charge in [0.2, 0.25) is 11.8 Å². The highest BCUT2D eigenvalue weighted by Gasteiger charge is 2.36. The van der Waals surface area contributed by atoms with Crippen molar-refractivity contribution in [1.82, 2.24) is 5.32 Å². The van der Waals surface area contributed by atoms with Gasteiger partial charge in [-0.2, -0.15) is 0 Å². The monoisotopic (exact) mass is 424 g/mol. The van der Waals surface area contributed by atoms with E-state index in [1.807, 2.05) is 12.1 Å². The smallest absolute Gasteiger partial charge is 0.227 e. The van der Waals surface area contributed by atoms with Gasteiger partial charge in [0, 0.05) is 30.3 Å². The molecule has 0 aliphatic carbocycles. The molecule has 7 heteroatoms. The molecule has 4 rings (SSSR count). The van der Waals surface area contributed by atoms with Gasteiger partial charge in [0.15, 0.2) is 0 Å². The fourth-order valence-corrected chi connectivity index (χ4v) is 4.81. The molecule has 0 saturated carbocycles. The lowest BCUT2D eigenvalue weighted by Crippen LogP contribution is -2.34. The Morgan fingerprint density at radius 2 is 2.03 bits per heavy atom. The van der Waals surface area contributed by atoms with Crippen molar-refractivity contribution in [3.63, 3.8) is 0 Å². The Kier molecular flexibility index (Phi) is 5.90. The number of thiophene rings is 1. The number of anilines is 1. The summed E-state index contributed by atoms with van der Waals surface area (Å²) in [5.74, 6) is 0.662. The summed E-state index contributed by atoms with van der Waals surface area (Å²) in [4.78, 5) is 26.9. The number of carbonyl (C=O) groups excluding carboxylic acids is 2. The van der Waals surface area contributed by atoms with Crippen molar-refractivity contribution in [3.05, 3.63) is 53.4 Å². The Morgan fingerprint density at radius 3 is 2.83 bits per heavy atom. The van der Waals surface area contributed by atoms with Gasteiger partial charge in [-0.25, -0.2) is 0 Å². The first-order valence-corrected chi connectivity index (χ1v) is 10.7. The third-order valence-corrected chi connectivity index (χ3v) is 6.44. The number of carbonyl (C=O) groups is 2. The SMILES string of the molecule is COc1ccc(N2CC(C(=O)NCCc3csc4ccccc34)CC2=O)c(OC)c1. The maximum Gasteiger partial charge on any atom is 0.227 e. The van der Waals surface area contributed by atoms with E-state index in [-0.39, 0.29) is 24.2 Å². The molecule has 1 aliphatic rings. The quantitative estimate of drug-likeness (QED) is 0.629. The molecule has 1 aromatic heterocycles. The lowest BCUT2D eigenvalue weighted by atomic mass is 10.1. The Bertz CT molecular complexity index is 1080. The van der Waals surface area contributed by atoms with Crippen molar-refractivity contribution in [2.45, 2.75) is 12.8 Å². The van der Waals surface area contributed by atoms with Gasteiger partial charge in [-0.15, -0.1) is 11.3 Å². The molecule has 156 valence electrons. The van der Waals surface area contributed by atoms with Gasteiger partial charge < -0.3 is 19.7 Å². The molecule has 0 radical (unpaired) electrons. The van der Waals surface area contributed by atoms with Crippen LogP contribution in [0.2, 0.25) is 0 Å². The first-order valence-electron chi connectivity index (χ1n) is 9.86. The first-order chi connectivity index (χ1) is 14.6. The molecular weight excluding hydrogens is 400 g/mol. The van der Waals surface area contributed by atoms with E-state index in [0.29, 0.717) is 30.3 Å². The van der Waals surface area contributed by atoms with Gasteiger partial charge in [-0.1, -0.05) is 18.2 Å². The highest BCUT2D eigenvalue weighted by atomic mass is 32.1. The van der Waals surface area contributed by atoms with Crippen LogP contribution in [0.5, 0.6) is 11.5 Å². The average molecular weight is 425 g/mol. The van der Waals surface area contributed by atoms with Crippen LogP contribution in [0.25, 0.3) is 10.1 Å². The van der Waals surface area contributed by atoms with E-state index in [1.54, 1.807) is 48.7 Å². The van der Waals surface area contributed by atoms with Crippen LogP contribution < -0.4 is 19.7 Å². The minimum atomic E-state index is -0.372. The summed E-state index contributed by atoms with van der Waals surface area (Å²) < 4.78 is 11.9. The van der Waals surface area contributed by atoms with Crippen molar-refractivity contribution in [2.24, 2.45) is 5.92 Å². The third kappa shape index (κ3) is 3.98. The summed E-state index contributed by atoms with van der Waals surface area (Å²) in [7, 11) is 3.13. The molecule has 1 N–H and O–H groups in total. The number of hydrogen-bond acceptors (Lipinski definition) is 5. The molecule has 3 aromatic rings. The number of benzene rings is 2. The molecular formula is C23H24N2O4S. The molecule has 1 aliphatic heterocycles. The number of nitrogens with zero attached hydrogens (tertiary/aromatic N) is 1. The van der Waals surface area contributed by atoms with E-state index in [2.05, 4.69) is 22.8 Å². The van der Waals surface area contributed by atoms with E-state index >= 15 is 0 Å². The summed E-state index contributed by atoms with van der Waals surface area (Å²) >= 11 is 1.72. The molecule has 1 fully saturated rings. The Balaban J connectivity index is 1.37. The van der Waals surface area contributed by atoms with Crippen LogP contribution in [0.3, 0.4) is 0 Å². The van der Waals surface area contributed by atoms with Crippen LogP contribution in [-0.4, -0.2) is 39.1 Å². The van der Waals surface area contributed by atoms with E-state index in [4.69, 9.17) is 9.47 Å². The number of fused-ring (bicyclic) bond motifs is 1. The predicted octanol–water partition coefficient (Wildman–Crippen LogP) is 3.63. The second-order valence-corrected chi connectivity index (χ2v) is 8.15.